The first kappa shape index (κ1) is 15.2. The highest BCUT2D eigenvalue weighted by molar-refractivity contribution is 5.93. The zero-order valence-corrected chi connectivity index (χ0v) is 11.7. The SMILES string of the molecule is NC(=O)c1ccc([N+](=O)[O-])c(OCCC2CCCNC2)c1. The molecule has 1 aromatic carbocycles. The van der Waals surface area contributed by atoms with Crippen molar-refractivity contribution in [3.8, 4) is 5.75 Å². The number of rotatable bonds is 6. The number of primary amides is 1. The van der Waals surface area contributed by atoms with E-state index in [4.69, 9.17) is 10.5 Å². The number of nitro groups is 1. The molecule has 0 aromatic heterocycles. The van der Waals surface area contributed by atoms with Gasteiger partial charge in [-0.3, -0.25) is 14.9 Å². The lowest BCUT2D eigenvalue weighted by atomic mass is 9.97. The van der Waals surface area contributed by atoms with Crippen molar-refractivity contribution in [1.82, 2.24) is 5.32 Å². The van der Waals surface area contributed by atoms with Crippen LogP contribution >= 0.6 is 0 Å². The van der Waals surface area contributed by atoms with Crippen LogP contribution < -0.4 is 15.8 Å². The Kier molecular flexibility index (Phi) is 5.10. The maximum atomic E-state index is 11.1. The van der Waals surface area contributed by atoms with Crippen LogP contribution in [-0.2, 0) is 0 Å². The summed E-state index contributed by atoms with van der Waals surface area (Å²) in [4.78, 5) is 21.6. The number of nitrogens with two attached hydrogens (primary N) is 1. The van der Waals surface area contributed by atoms with Gasteiger partial charge in [0, 0.05) is 17.7 Å². The number of nitrogens with zero attached hydrogens (tertiary/aromatic N) is 1. The van der Waals surface area contributed by atoms with Gasteiger partial charge in [0.15, 0.2) is 5.75 Å². The molecular formula is C14H19N3O4. The van der Waals surface area contributed by atoms with Crippen LogP contribution in [-0.4, -0.2) is 30.5 Å². The van der Waals surface area contributed by atoms with Gasteiger partial charge in [-0.15, -0.1) is 0 Å². The molecule has 1 aliphatic heterocycles. The zero-order valence-electron chi connectivity index (χ0n) is 11.7. The number of benzene rings is 1. The number of carbonyl (C=O) groups is 1. The fourth-order valence-electron chi connectivity index (χ4n) is 2.44. The van der Waals surface area contributed by atoms with Crippen LogP contribution in [0.5, 0.6) is 5.75 Å². The summed E-state index contributed by atoms with van der Waals surface area (Å²) < 4.78 is 5.51. The van der Waals surface area contributed by atoms with Gasteiger partial charge >= 0.3 is 5.69 Å². The molecule has 7 heteroatoms. The quantitative estimate of drug-likeness (QED) is 0.610. The van der Waals surface area contributed by atoms with E-state index in [2.05, 4.69) is 5.32 Å². The Labute approximate surface area is 122 Å². The van der Waals surface area contributed by atoms with Crippen molar-refractivity contribution in [3.05, 3.63) is 33.9 Å². The number of hydrogen-bond acceptors (Lipinski definition) is 5. The Balaban J connectivity index is 2.00. The molecule has 21 heavy (non-hydrogen) atoms. The van der Waals surface area contributed by atoms with E-state index in [1.807, 2.05) is 0 Å². The van der Waals surface area contributed by atoms with Crippen molar-refractivity contribution < 1.29 is 14.5 Å². The van der Waals surface area contributed by atoms with Crippen LogP contribution in [0.15, 0.2) is 18.2 Å². The minimum absolute atomic E-state index is 0.0973. The Morgan fingerprint density at radius 3 is 2.95 bits per heavy atom. The fourth-order valence-corrected chi connectivity index (χ4v) is 2.44. The van der Waals surface area contributed by atoms with Gasteiger partial charge in [0.25, 0.3) is 0 Å². The summed E-state index contributed by atoms with van der Waals surface area (Å²) in [7, 11) is 0. The van der Waals surface area contributed by atoms with Gasteiger partial charge in [-0.2, -0.15) is 0 Å². The van der Waals surface area contributed by atoms with Crippen LogP contribution in [0.2, 0.25) is 0 Å². The highest BCUT2D eigenvalue weighted by Crippen LogP contribution is 2.28. The average molecular weight is 293 g/mol. The van der Waals surface area contributed by atoms with Gasteiger partial charge in [0.2, 0.25) is 5.91 Å². The molecule has 1 amide bonds. The molecule has 2 rings (SSSR count). The highest BCUT2D eigenvalue weighted by atomic mass is 16.6. The predicted octanol–water partition coefficient (Wildman–Crippen LogP) is 1.46. The summed E-state index contributed by atoms with van der Waals surface area (Å²) >= 11 is 0. The van der Waals surface area contributed by atoms with E-state index >= 15 is 0 Å². The lowest BCUT2D eigenvalue weighted by Crippen LogP contribution is -2.30. The molecule has 0 bridgehead atoms. The van der Waals surface area contributed by atoms with E-state index in [1.54, 1.807) is 0 Å². The smallest absolute Gasteiger partial charge is 0.310 e. The van der Waals surface area contributed by atoms with Gasteiger partial charge < -0.3 is 15.8 Å². The Hall–Kier alpha value is -2.15. The van der Waals surface area contributed by atoms with Gasteiger partial charge in [-0.25, -0.2) is 0 Å². The first-order chi connectivity index (χ1) is 10.1. The number of amides is 1. The molecule has 3 N–H and O–H groups in total. The minimum atomic E-state index is -0.633. The summed E-state index contributed by atoms with van der Waals surface area (Å²) in [5.41, 5.74) is 5.23. The first-order valence-corrected chi connectivity index (χ1v) is 6.99. The second-order valence-corrected chi connectivity index (χ2v) is 5.15. The third-order valence-electron chi connectivity index (χ3n) is 3.62. The molecule has 114 valence electrons. The standard InChI is InChI=1S/C14H19N3O4/c15-14(18)11-3-4-12(17(19)20)13(8-11)21-7-5-10-2-1-6-16-9-10/h3-4,8,10,16H,1-2,5-7,9H2,(H2,15,18). The average Bonchev–Trinajstić information content (AvgIpc) is 2.48. The minimum Gasteiger partial charge on any atom is -0.487 e. The number of nitrogens with one attached hydrogen (secondary N) is 1. The first-order valence-electron chi connectivity index (χ1n) is 6.99. The third kappa shape index (κ3) is 4.16. The van der Waals surface area contributed by atoms with E-state index in [-0.39, 0.29) is 17.0 Å². The Morgan fingerprint density at radius 1 is 1.52 bits per heavy atom. The summed E-state index contributed by atoms with van der Waals surface area (Å²) in [6, 6.07) is 3.91. The van der Waals surface area contributed by atoms with E-state index in [9.17, 15) is 14.9 Å². The van der Waals surface area contributed by atoms with Gasteiger partial charge in [-0.1, -0.05) is 0 Å². The number of ether oxygens (including phenoxy) is 1. The summed E-state index contributed by atoms with van der Waals surface area (Å²) in [6.45, 7) is 2.38. The van der Waals surface area contributed by atoms with Crippen LogP contribution in [0.25, 0.3) is 0 Å². The van der Waals surface area contributed by atoms with E-state index in [0.717, 1.165) is 32.4 Å². The second kappa shape index (κ2) is 7.03. The van der Waals surface area contributed by atoms with Crippen LogP contribution in [0.1, 0.15) is 29.6 Å². The largest absolute Gasteiger partial charge is 0.487 e. The molecule has 1 saturated heterocycles. The molecule has 7 nitrogen and oxygen atoms in total. The topological polar surface area (TPSA) is 107 Å². The van der Waals surface area contributed by atoms with Crippen LogP contribution in [0, 0.1) is 16.0 Å². The number of nitro benzene ring substituents is 1. The van der Waals surface area contributed by atoms with Crippen molar-refractivity contribution >= 4 is 11.6 Å². The van der Waals surface area contributed by atoms with Gasteiger partial charge in [0.1, 0.15) is 0 Å². The van der Waals surface area contributed by atoms with Crippen molar-refractivity contribution in [2.24, 2.45) is 11.7 Å². The lowest BCUT2D eigenvalue weighted by Gasteiger charge is -2.22. The third-order valence-corrected chi connectivity index (χ3v) is 3.62. The van der Waals surface area contributed by atoms with Crippen molar-refractivity contribution in [1.29, 1.82) is 0 Å². The molecule has 0 saturated carbocycles. The predicted molar refractivity (Wildman–Crippen MR) is 77.3 cm³/mol. The maximum Gasteiger partial charge on any atom is 0.310 e. The number of hydrogen-bond donors (Lipinski definition) is 2. The Morgan fingerprint density at radius 2 is 2.33 bits per heavy atom. The van der Waals surface area contributed by atoms with Crippen molar-refractivity contribution in [2.75, 3.05) is 19.7 Å². The molecule has 1 unspecified atom stereocenters. The Bertz CT molecular complexity index is 527. The summed E-state index contributed by atoms with van der Waals surface area (Å²) in [5, 5.41) is 14.3. The fraction of sp³-hybridized carbons (Fsp3) is 0.500. The summed E-state index contributed by atoms with van der Waals surface area (Å²) in [6.07, 6.45) is 3.10. The van der Waals surface area contributed by atoms with Crippen LogP contribution in [0.4, 0.5) is 5.69 Å². The molecule has 1 heterocycles. The van der Waals surface area contributed by atoms with Crippen molar-refractivity contribution in [3.63, 3.8) is 0 Å². The van der Waals surface area contributed by atoms with E-state index in [0.29, 0.717) is 12.5 Å². The van der Waals surface area contributed by atoms with Gasteiger partial charge in [0.05, 0.1) is 11.5 Å². The normalized spacial score (nSPS) is 18.2. The summed E-state index contributed by atoms with van der Waals surface area (Å²) in [5.74, 6) is -0.0107. The molecule has 1 aromatic rings. The van der Waals surface area contributed by atoms with Crippen LogP contribution in [0.3, 0.4) is 0 Å². The molecular weight excluding hydrogens is 274 g/mol. The monoisotopic (exact) mass is 293 g/mol. The molecule has 0 spiro atoms. The zero-order chi connectivity index (χ0) is 15.2. The van der Waals surface area contributed by atoms with Crippen molar-refractivity contribution in [2.45, 2.75) is 19.3 Å². The van der Waals surface area contributed by atoms with E-state index in [1.165, 1.54) is 18.2 Å². The van der Waals surface area contributed by atoms with E-state index < -0.39 is 10.8 Å². The van der Waals surface area contributed by atoms with Gasteiger partial charge in [-0.05, 0) is 44.3 Å². The molecule has 0 radical (unpaired) electrons. The maximum absolute atomic E-state index is 11.1. The number of carbonyl (C=O) groups excluding carboxylic acids is 1. The highest BCUT2D eigenvalue weighted by Gasteiger charge is 2.18. The number of piperidine rings is 1. The lowest BCUT2D eigenvalue weighted by molar-refractivity contribution is -0.385. The molecule has 0 aliphatic carbocycles. The molecule has 1 aliphatic rings. The molecule has 1 atom stereocenters. The second-order valence-electron chi connectivity index (χ2n) is 5.15. The molecule has 1 fully saturated rings.